The highest BCUT2D eigenvalue weighted by atomic mass is 33.1. The van der Waals surface area contributed by atoms with Gasteiger partial charge < -0.3 is 14.6 Å². The maximum atomic E-state index is 12.8. The highest BCUT2D eigenvalue weighted by molar-refractivity contribution is 8.86. The average Bonchev–Trinajstić information content (AvgIpc) is 3.73. The van der Waals surface area contributed by atoms with Crippen molar-refractivity contribution < 1.29 is 9.90 Å². The summed E-state index contributed by atoms with van der Waals surface area (Å²) in [6.07, 6.45) is 15.5. The predicted octanol–water partition coefficient (Wildman–Crippen LogP) is 7.86. The second-order valence-electron chi connectivity index (χ2n) is 13.5. The number of imidazole rings is 1. The molecule has 230 valence electrons. The summed E-state index contributed by atoms with van der Waals surface area (Å²) in [6.45, 7) is 3.01. The summed E-state index contributed by atoms with van der Waals surface area (Å²) in [5.41, 5.74) is 7.00. The van der Waals surface area contributed by atoms with E-state index >= 15 is 0 Å². The van der Waals surface area contributed by atoms with Crippen LogP contribution in [0.4, 0.5) is 11.4 Å². The van der Waals surface area contributed by atoms with Crippen LogP contribution in [0.3, 0.4) is 0 Å². The predicted molar refractivity (Wildman–Crippen MR) is 180 cm³/mol. The fourth-order valence-electron chi connectivity index (χ4n) is 8.99. The van der Waals surface area contributed by atoms with Gasteiger partial charge in [0, 0.05) is 34.5 Å². The zero-order chi connectivity index (χ0) is 30.3. The van der Waals surface area contributed by atoms with Crippen LogP contribution in [-0.2, 0) is 6.54 Å². The first kappa shape index (κ1) is 27.4. The second-order valence-corrected chi connectivity index (χ2v) is 16.8. The summed E-state index contributed by atoms with van der Waals surface area (Å²) in [4.78, 5) is 23.3. The molecule has 1 aromatic carbocycles. The Bertz CT molecular complexity index is 1910. The van der Waals surface area contributed by atoms with Crippen LogP contribution in [-0.4, -0.2) is 35.2 Å². The van der Waals surface area contributed by atoms with Gasteiger partial charge in [0.1, 0.15) is 5.56 Å². The quantitative estimate of drug-likeness (QED) is 0.106. The molecular weight excluding hydrogens is 603 g/mol. The van der Waals surface area contributed by atoms with E-state index in [9.17, 15) is 9.90 Å². The molecule has 4 saturated carbocycles. The molecule has 0 spiro atoms. The molecule has 4 aliphatic carbocycles. The van der Waals surface area contributed by atoms with Crippen molar-refractivity contribution in [2.24, 2.45) is 23.2 Å². The minimum absolute atomic E-state index is 0.186. The maximum absolute atomic E-state index is 12.8. The molecule has 5 heterocycles. The summed E-state index contributed by atoms with van der Waals surface area (Å²) < 4.78 is 11.1. The number of hydrogen-bond donors (Lipinski definition) is 4. The lowest BCUT2D eigenvalue weighted by Gasteiger charge is -2.56. The molecule has 11 heteroatoms. The van der Waals surface area contributed by atoms with E-state index < -0.39 is 16.3 Å². The fourth-order valence-corrected chi connectivity index (χ4v) is 12.5. The summed E-state index contributed by atoms with van der Waals surface area (Å²) in [7, 11) is 1.10. The van der Waals surface area contributed by atoms with Gasteiger partial charge >= 0.3 is 5.97 Å². The van der Waals surface area contributed by atoms with Crippen molar-refractivity contribution >= 4 is 44.1 Å². The molecule has 0 amide bonds. The first-order chi connectivity index (χ1) is 21.9. The van der Waals surface area contributed by atoms with Crippen molar-refractivity contribution in [3.63, 3.8) is 0 Å². The van der Waals surface area contributed by atoms with Crippen LogP contribution in [0.15, 0.2) is 72.1 Å². The van der Waals surface area contributed by atoms with E-state index in [2.05, 4.69) is 44.2 Å². The second kappa shape index (κ2) is 10.3. The number of carboxylic acids is 1. The zero-order valence-corrected chi connectivity index (χ0v) is 26.7. The van der Waals surface area contributed by atoms with E-state index in [0.717, 1.165) is 58.3 Å². The Kier molecular flexibility index (Phi) is 6.25. The number of anilines is 2. The number of fused-ring (bicyclic) bond motifs is 2. The standard InChI is InChI=1S/C34H35N7O2S2/c1-20-26(17-37-41(20)19-34-13-21-10-22(14-34)12-23(11-21)15-34)25-8-9-40-29(18-36-32(40)31(25)33(42)43)27-7-6-24(16-35-27)38-45-39-28-4-2-3-5-30(28)44-45/h2-9,16-18,21-23,38-39,45H,10-15,19H2,1H3,(H,42,43). The number of nitrogens with zero attached hydrogens (tertiary/aromatic N) is 5. The van der Waals surface area contributed by atoms with Gasteiger partial charge in [0.15, 0.2) is 5.65 Å². The van der Waals surface area contributed by atoms with E-state index in [1.807, 2.05) is 47.3 Å². The van der Waals surface area contributed by atoms with Crippen LogP contribution in [0.2, 0.25) is 0 Å². The van der Waals surface area contributed by atoms with Gasteiger partial charge in [0.25, 0.3) is 0 Å². The Hall–Kier alpha value is -3.96. The number of nitrogens with one attached hydrogen (secondary N) is 2. The Labute approximate surface area is 267 Å². The largest absolute Gasteiger partial charge is 0.478 e. The van der Waals surface area contributed by atoms with Crippen LogP contribution in [0.1, 0.15) is 54.6 Å². The Morgan fingerprint density at radius 3 is 2.51 bits per heavy atom. The highest BCUT2D eigenvalue weighted by Gasteiger charge is 2.51. The number of aromatic nitrogens is 5. The number of para-hydroxylation sites is 1. The number of carboxylic acid groups (broad SMARTS) is 1. The first-order valence-corrected chi connectivity index (χ1v) is 18.5. The summed E-state index contributed by atoms with van der Waals surface area (Å²) in [5.74, 6) is 1.64. The summed E-state index contributed by atoms with van der Waals surface area (Å²) >= 11 is 0. The Morgan fingerprint density at radius 1 is 1.02 bits per heavy atom. The van der Waals surface area contributed by atoms with E-state index in [1.165, 1.54) is 43.4 Å². The van der Waals surface area contributed by atoms with Crippen molar-refractivity contribution in [2.75, 3.05) is 9.44 Å². The normalized spacial score (nSPS) is 27.0. The van der Waals surface area contributed by atoms with Gasteiger partial charge in [0.2, 0.25) is 0 Å². The van der Waals surface area contributed by atoms with Crippen LogP contribution in [0, 0.1) is 30.1 Å². The maximum Gasteiger partial charge on any atom is 0.340 e. The zero-order valence-electron chi connectivity index (χ0n) is 25.0. The van der Waals surface area contributed by atoms with Crippen molar-refractivity contribution in [3.8, 4) is 22.5 Å². The minimum Gasteiger partial charge on any atom is -0.478 e. The molecule has 10 rings (SSSR count). The number of thiol groups is 1. The molecule has 9 nitrogen and oxygen atoms in total. The lowest BCUT2D eigenvalue weighted by molar-refractivity contribution is -0.0638. The Morgan fingerprint density at radius 2 is 1.80 bits per heavy atom. The monoisotopic (exact) mass is 637 g/mol. The van der Waals surface area contributed by atoms with Crippen LogP contribution in [0.25, 0.3) is 28.2 Å². The summed E-state index contributed by atoms with van der Waals surface area (Å²) in [5, 5.41) is 15.3. The van der Waals surface area contributed by atoms with Gasteiger partial charge in [-0.05, 0) is 120 Å². The molecule has 1 unspecified atom stereocenters. The van der Waals surface area contributed by atoms with Crippen molar-refractivity contribution in [2.45, 2.75) is 56.9 Å². The number of hydrogen-bond acceptors (Lipinski definition) is 7. The number of pyridine rings is 2. The molecule has 5 aliphatic rings. The molecule has 1 atom stereocenters. The van der Waals surface area contributed by atoms with Crippen molar-refractivity contribution in [3.05, 3.63) is 78.5 Å². The summed E-state index contributed by atoms with van der Waals surface area (Å²) in [6, 6.07) is 14.1. The van der Waals surface area contributed by atoms with E-state index in [4.69, 9.17) is 10.1 Å². The third kappa shape index (κ3) is 4.62. The SMILES string of the molecule is Cc1c(-c2ccn3c(-c4ccc(N[SH]5Nc6ccccc6S5)cn4)cnc3c2C(=O)O)cnn1CC12CC3CC(CC(C3)C1)C2. The van der Waals surface area contributed by atoms with Crippen molar-refractivity contribution in [1.82, 2.24) is 24.1 Å². The van der Waals surface area contributed by atoms with Gasteiger partial charge in [-0.25, -0.2) is 9.78 Å². The molecule has 5 aromatic rings. The van der Waals surface area contributed by atoms with Gasteiger partial charge in [-0.1, -0.05) is 12.1 Å². The van der Waals surface area contributed by atoms with E-state index in [0.29, 0.717) is 16.6 Å². The lowest BCUT2D eigenvalue weighted by Crippen LogP contribution is -2.48. The van der Waals surface area contributed by atoms with Gasteiger partial charge in [-0.15, -0.1) is 0 Å². The number of rotatable bonds is 7. The highest BCUT2D eigenvalue weighted by Crippen LogP contribution is 2.60. The topological polar surface area (TPSA) is 109 Å². The number of aromatic carboxylic acids is 1. The van der Waals surface area contributed by atoms with E-state index in [-0.39, 0.29) is 5.56 Å². The number of benzene rings is 1. The van der Waals surface area contributed by atoms with Crippen LogP contribution < -0.4 is 9.44 Å². The molecule has 4 fully saturated rings. The van der Waals surface area contributed by atoms with Gasteiger partial charge in [0.05, 0.1) is 41.4 Å². The third-order valence-corrected chi connectivity index (χ3v) is 13.8. The van der Waals surface area contributed by atoms with Crippen molar-refractivity contribution in [1.29, 1.82) is 0 Å². The molecule has 3 N–H and O–H groups in total. The molecule has 4 aromatic heterocycles. The number of carbonyl (C=O) groups is 1. The van der Waals surface area contributed by atoms with Crippen LogP contribution in [0.5, 0.6) is 0 Å². The Balaban J connectivity index is 0.989. The average molecular weight is 638 g/mol. The minimum atomic E-state index is -1.00. The molecule has 0 saturated heterocycles. The fraction of sp³-hybridized carbons (Fsp3) is 0.353. The molecule has 45 heavy (non-hydrogen) atoms. The molecule has 1 aliphatic heterocycles. The molecule has 0 radical (unpaired) electrons. The first-order valence-electron chi connectivity index (χ1n) is 15.7. The smallest absolute Gasteiger partial charge is 0.340 e. The third-order valence-electron chi connectivity index (χ3n) is 10.5. The van der Waals surface area contributed by atoms with Gasteiger partial charge in [-0.2, -0.15) is 5.10 Å². The molecule has 4 bridgehead atoms. The van der Waals surface area contributed by atoms with Gasteiger partial charge in [-0.3, -0.25) is 14.1 Å². The van der Waals surface area contributed by atoms with Crippen LogP contribution >= 0.6 is 21.1 Å². The van der Waals surface area contributed by atoms with E-state index in [1.54, 1.807) is 17.0 Å². The lowest BCUT2D eigenvalue weighted by atomic mass is 9.49. The molecular formula is C34H35N7O2S2.